The van der Waals surface area contributed by atoms with E-state index in [1.54, 1.807) is 12.1 Å². The molecular weight excluding hydrogens is 534 g/mol. The molecule has 1 aromatic heterocycles. The van der Waals surface area contributed by atoms with Crippen LogP contribution in [0.4, 0.5) is 23.0 Å². The van der Waals surface area contributed by atoms with Gasteiger partial charge in [0.05, 0.1) is 5.69 Å². The van der Waals surface area contributed by atoms with Crippen molar-refractivity contribution in [2.45, 2.75) is 110 Å². The van der Waals surface area contributed by atoms with Crippen LogP contribution in [0.3, 0.4) is 0 Å². The third-order valence-corrected chi connectivity index (χ3v) is 6.50. The van der Waals surface area contributed by atoms with Crippen molar-refractivity contribution in [1.29, 1.82) is 0 Å². The maximum atomic E-state index is 5.64. The summed E-state index contributed by atoms with van der Waals surface area (Å²) < 4.78 is 0. The van der Waals surface area contributed by atoms with E-state index in [0.29, 0.717) is 11.5 Å². The average molecular weight is 583 g/mol. The van der Waals surface area contributed by atoms with E-state index in [1.807, 2.05) is 30.3 Å². The van der Waals surface area contributed by atoms with Gasteiger partial charge in [-0.05, 0) is 30.7 Å². The first kappa shape index (κ1) is 34.3. The van der Waals surface area contributed by atoms with Crippen LogP contribution in [0.2, 0.25) is 0 Å². The molecule has 36 heavy (non-hydrogen) atoms. The minimum Gasteiger partial charge on any atom is -0.384 e. The van der Waals surface area contributed by atoms with Crippen molar-refractivity contribution in [3.8, 4) is 0 Å². The van der Waals surface area contributed by atoms with Gasteiger partial charge in [0.25, 0.3) is 0 Å². The number of benzene rings is 1. The molecular formula is C29H49BrClN5. The van der Waals surface area contributed by atoms with Crippen LogP contribution in [-0.4, -0.2) is 10.3 Å². The fraction of sp³-hybridized carbons (Fsp3) is 0.621. The number of rotatable bonds is 18. The smallest absolute Gasteiger partial charge is 0.153 e. The van der Waals surface area contributed by atoms with E-state index >= 15 is 0 Å². The van der Waals surface area contributed by atoms with E-state index in [1.165, 1.54) is 108 Å². The SMILES string of the molecule is CCCCCCCCCCCCCCCCCCBr.Cl.Nc1ccc(/N=N/c2ccccc2)c(N)n1. The summed E-state index contributed by atoms with van der Waals surface area (Å²) in [6.45, 7) is 2.29. The summed E-state index contributed by atoms with van der Waals surface area (Å²) in [7, 11) is 0. The summed E-state index contributed by atoms with van der Waals surface area (Å²) in [5.41, 5.74) is 12.4. The average Bonchev–Trinajstić information content (AvgIpc) is 2.87. The normalized spacial score (nSPS) is 10.6. The molecule has 0 aliphatic carbocycles. The second-order valence-electron chi connectivity index (χ2n) is 9.17. The number of nitrogens with two attached hydrogens (primary N) is 2. The maximum Gasteiger partial charge on any atom is 0.153 e. The Bertz CT molecular complexity index is 758. The number of nitrogens with zero attached hydrogens (tertiary/aromatic N) is 3. The van der Waals surface area contributed by atoms with Crippen LogP contribution in [0.1, 0.15) is 110 Å². The molecule has 0 atom stereocenters. The van der Waals surface area contributed by atoms with Gasteiger partial charge in [0.15, 0.2) is 5.82 Å². The molecule has 4 N–H and O–H groups in total. The predicted octanol–water partition coefficient (Wildman–Crippen LogP) is 10.7. The number of unbranched alkanes of at least 4 members (excludes halogenated alkanes) is 15. The van der Waals surface area contributed by atoms with Crippen molar-refractivity contribution in [3.05, 3.63) is 42.5 Å². The lowest BCUT2D eigenvalue weighted by molar-refractivity contribution is 0.532. The summed E-state index contributed by atoms with van der Waals surface area (Å²) in [6, 6.07) is 12.7. The lowest BCUT2D eigenvalue weighted by Gasteiger charge is -2.03. The zero-order valence-electron chi connectivity index (χ0n) is 22.3. The molecule has 0 unspecified atom stereocenters. The molecule has 2 aromatic rings. The van der Waals surface area contributed by atoms with Crippen molar-refractivity contribution < 1.29 is 0 Å². The second kappa shape index (κ2) is 25.0. The Morgan fingerprint density at radius 3 is 1.56 bits per heavy atom. The van der Waals surface area contributed by atoms with Crippen molar-refractivity contribution in [2.24, 2.45) is 10.2 Å². The number of halogens is 2. The fourth-order valence-corrected chi connectivity index (χ4v) is 4.21. The number of anilines is 2. The molecule has 0 aliphatic heterocycles. The molecule has 0 saturated heterocycles. The highest BCUT2D eigenvalue weighted by Gasteiger charge is 1.99. The molecule has 0 spiro atoms. The topological polar surface area (TPSA) is 89.6 Å². The predicted molar refractivity (Wildman–Crippen MR) is 164 cm³/mol. The highest BCUT2D eigenvalue weighted by molar-refractivity contribution is 9.09. The first-order valence-electron chi connectivity index (χ1n) is 13.7. The maximum absolute atomic E-state index is 5.64. The van der Waals surface area contributed by atoms with Crippen LogP contribution < -0.4 is 11.5 Å². The molecule has 1 heterocycles. The summed E-state index contributed by atoms with van der Waals surface area (Å²) in [5, 5.41) is 9.22. The molecule has 0 aliphatic rings. The van der Waals surface area contributed by atoms with E-state index in [4.69, 9.17) is 11.5 Å². The molecule has 0 radical (unpaired) electrons. The summed E-state index contributed by atoms with van der Waals surface area (Å²) >= 11 is 3.49. The van der Waals surface area contributed by atoms with E-state index < -0.39 is 0 Å². The van der Waals surface area contributed by atoms with Gasteiger partial charge in [0.1, 0.15) is 11.5 Å². The third-order valence-electron chi connectivity index (χ3n) is 5.94. The summed E-state index contributed by atoms with van der Waals surface area (Å²) in [4.78, 5) is 3.89. The number of alkyl halides is 1. The highest BCUT2D eigenvalue weighted by atomic mass is 79.9. The minimum atomic E-state index is 0. The van der Waals surface area contributed by atoms with E-state index in [0.717, 1.165) is 5.69 Å². The van der Waals surface area contributed by atoms with Gasteiger partial charge >= 0.3 is 0 Å². The first-order chi connectivity index (χ1) is 17.2. The molecule has 204 valence electrons. The molecule has 5 nitrogen and oxygen atoms in total. The van der Waals surface area contributed by atoms with Gasteiger partial charge in [-0.2, -0.15) is 5.11 Å². The number of hydrogen-bond donors (Lipinski definition) is 2. The Kier molecular flexibility index (Phi) is 23.9. The molecule has 0 fully saturated rings. The molecule has 0 amide bonds. The van der Waals surface area contributed by atoms with Crippen LogP contribution in [-0.2, 0) is 0 Å². The lowest BCUT2D eigenvalue weighted by atomic mass is 10.0. The van der Waals surface area contributed by atoms with Crippen molar-refractivity contribution in [3.63, 3.8) is 0 Å². The van der Waals surface area contributed by atoms with Gasteiger partial charge < -0.3 is 11.5 Å². The Balaban J connectivity index is 0.000000668. The van der Waals surface area contributed by atoms with Gasteiger partial charge in [0.2, 0.25) is 0 Å². The van der Waals surface area contributed by atoms with Crippen molar-refractivity contribution >= 4 is 51.3 Å². The highest BCUT2D eigenvalue weighted by Crippen LogP contribution is 2.23. The standard InChI is InChI=1S/C18H37Br.C11H11N5.ClH/c1-2-3-4-5-6-7-8-9-10-11-12-13-14-15-16-17-18-19;12-10-7-6-9(11(13)14-10)16-15-8-4-2-1-3-5-8;/h2-18H2,1H3;1-7H,(H4,12,13,14);1H/b;16-15+;. The number of pyridine rings is 1. The first-order valence-corrected chi connectivity index (χ1v) is 14.8. The van der Waals surface area contributed by atoms with Crippen LogP contribution in [0.25, 0.3) is 0 Å². The van der Waals surface area contributed by atoms with Crippen molar-refractivity contribution in [2.75, 3.05) is 16.8 Å². The largest absolute Gasteiger partial charge is 0.384 e. The Morgan fingerprint density at radius 2 is 1.11 bits per heavy atom. The number of aromatic nitrogens is 1. The van der Waals surface area contributed by atoms with E-state index in [-0.39, 0.29) is 18.2 Å². The molecule has 2 rings (SSSR count). The second-order valence-corrected chi connectivity index (χ2v) is 9.96. The summed E-state index contributed by atoms with van der Waals surface area (Å²) in [5.74, 6) is 0.649. The quantitative estimate of drug-likeness (QED) is 0.104. The van der Waals surface area contributed by atoms with Crippen LogP contribution in [0.15, 0.2) is 52.7 Å². The fourth-order valence-electron chi connectivity index (χ4n) is 3.82. The summed E-state index contributed by atoms with van der Waals surface area (Å²) in [6.07, 6.45) is 23.3. The number of azo groups is 1. The number of nitrogen functional groups attached to an aromatic ring is 2. The van der Waals surface area contributed by atoms with E-state index in [9.17, 15) is 0 Å². The van der Waals surface area contributed by atoms with Gasteiger partial charge in [0, 0.05) is 5.33 Å². The molecule has 7 heteroatoms. The number of hydrogen-bond acceptors (Lipinski definition) is 5. The Labute approximate surface area is 234 Å². The molecule has 0 saturated carbocycles. The van der Waals surface area contributed by atoms with Gasteiger partial charge in [-0.3, -0.25) is 0 Å². The Hall–Kier alpha value is -1.66. The van der Waals surface area contributed by atoms with Crippen LogP contribution in [0.5, 0.6) is 0 Å². The minimum absolute atomic E-state index is 0. The van der Waals surface area contributed by atoms with Crippen LogP contribution >= 0.6 is 28.3 Å². The third kappa shape index (κ3) is 19.5. The lowest BCUT2D eigenvalue weighted by Crippen LogP contribution is -1.95. The van der Waals surface area contributed by atoms with Gasteiger partial charge in [-0.25, -0.2) is 4.98 Å². The van der Waals surface area contributed by atoms with Gasteiger partial charge in [-0.1, -0.05) is 137 Å². The zero-order chi connectivity index (χ0) is 25.4. The van der Waals surface area contributed by atoms with Crippen LogP contribution in [0, 0.1) is 0 Å². The molecule has 0 bridgehead atoms. The molecule has 1 aromatic carbocycles. The monoisotopic (exact) mass is 581 g/mol. The van der Waals surface area contributed by atoms with Crippen molar-refractivity contribution in [1.82, 2.24) is 4.98 Å². The Morgan fingerprint density at radius 1 is 0.639 bits per heavy atom. The van der Waals surface area contributed by atoms with Gasteiger partial charge in [-0.15, -0.1) is 17.5 Å². The van der Waals surface area contributed by atoms with E-state index in [2.05, 4.69) is 38.1 Å². The zero-order valence-corrected chi connectivity index (χ0v) is 24.7.